The first-order valence-electron chi connectivity index (χ1n) is 5.18. The maximum atomic E-state index is 12.1. The number of nitrogens with zero attached hydrogens (tertiary/aromatic N) is 1. The molecule has 0 bridgehead atoms. The molecule has 3 nitrogen and oxygen atoms in total. The first-order valence-corrected chi connectivity index (χ1v) is 7.38. The fraction of sp³-hybridized carbons (Fsp3) is 0.167. The third-order valence-electron chi connectivity index (χ3n) is 2.34. The number of carbonyl (C=O) groups excluding carboxylic acids is 1. The second-order valence-corrected chi connectivity index (χ2v) is 5.73. The number of thiazole rings is 1. The molecule has 0 saturated heterocycles. The standard InChI is InChI=1S/C12H10BrClN2OS/c1-7-4-8(13)2-3-10(7)11(17)16-12-15-9(5-14)6-18-12/h2-4,6H,5H2,1H3,(H,15,16,17). The SMILES string of the molecule is Cc1cc(Br)ccc1C(=O)Nc1nc(CCl)cs1. The molecule has 0 saturated carbocycles. The number of alkyl halides is 1. The van der Waals surface area contributed by atoms with E-state index in [1.54, 1.807) is 6.07 Å². The topological polar surface area (TPSA) is 42.0 Å². The van der Waals surface area contributed by atoms with Gasteiger partial charge in [0, 0.05) is 15.4 Å². The van der Waals surface area contributed by atoms with Crippen molar-refractivity contribution in [3.63, 3.8) is 0 Å². The van der Waals surface area contributed by atoms with Gasteiger partial charge in [-0.05, 0) is 30.7 Å². The number of anilines is 1. The lowest BCUT2D eigenvalue weighted by molar-refractivity contribution is 0.102. The molecule has 1 N–H and O–H groups in total. The molecule has 1 heterocycles. The van der Waals surface area contributed by atoms with E-state index in [0.29, 0.717) is 16.6 Å². The number of amides is 1. The molecule has 2 aromatic rings. The number of nitrogens with one attached hydrogen (secondary N) is 1. The number of hydrogen-bond acceptors (Lipinski definition) is 3. The van der Waals surface area contributed by atoms with Crippen LogP contribution in [0, 0.1) is 6.92 Å². The zero-order valence-corrected chi connectivity index (χ0v) is 12.7. The number of aryl methyl sites for hydroxylation is 1. The van der Waals surface area contributed by atoms with E-state index in [1.807, 2.05) is 24.4 Å². The number of halogens is 2. The summed E-state index contributed by atoms with van der Waals surface area (Å²) in [6.45, 7) is 1.89. The molecule has 6 heteroatoms. The first-order chi connectivity index (χ1) is 8.60. The second-order valence-electron chi connectivity index (χ2n) is 3.69. The Morgan fingerprint density at radius 1 is 1.56 bits per heavy atom. The average Bonchev–Trinajstić information content (AvgIpc) is 2.76. The Bertz CT molecular complexity index is 585. The van der Waals surface area contributed by atoms with Gasteiger partial charge >= 0.3 is 0 Å². The van der Waals surface area contributed by atoms with E-state index >= 15 is 0 Å². The molecule has 0 aliphatic carbocycles. The summed E-state index contributed by atoms with van der Waals surface area (Å²) >= 11 is 10.4. The van der Waals surface area contributed by atoms with E-state index in [-0.39, 0.29) is 5.91 Å². The summed E-state index contributed by atoms with van der Waals surface area (Å²) in [6, 6.07) is 5.53. The van der Waals surface area contributed by atoms with Gasteiger partial charge in [-0.25, -0.2) is 4.98 Å². The summed E-state index contributed by atoms with van der Waals surface area (Å²) in [6.07, 6.45) is 0. The van der Waals surface area contributed by atoms with Gasteiger partial charge in [0.25, 0.3) is 5.91 Å². The van der Waals surface area contributed by atoms with E-state index in [9.17, 15) is 4.79 Å². The van der Waals surface area contributed by atoms with Crippen molar-refractivity contribution in [2.24, 2.45) is 0 Å². The lowest BCUT2D eigenvalue weighted by Crippen LogP contribution is -2.13. The number of rotatable bonds is 3. The third kappa shape index (κ3) is 3.10. The largest absolute Gasteiger partial charge is 0.298 e. The smallest absolute Gasteiger partial charge is 0.257 e. The summed E-state index contributed by atoms with van der Waals surface area (Å²) in [7, 11) is 0. The van der Waals surface area contributed by atoms with Crippen molar-refractivity contribution in [2.45, 2.75) is 12.8 Å². The van der Waals surface area contributed by atoms with Crippen molar-refractivity contribution in [2.75, 3.05) is 5.32 Å². The average molecular weight is 346 g/mol. The van der Waals surface area contributed by atoms with Crippen molar-refractivity contribution < 1.29 is 4.79 Å². The van der Waals surface area contributed by atoms with Gasteiger partial charge in [0.2, 0.25) is 0 Å². The Balaban J connectivity index is 2.16. The molecule has 1 amide bonds. The van der Waals surface area contributed by atoms with Crippen LogP contribution in [0.25, 0.3) is 0 Å². The summed E-state index contributed by atoms with van der Waals surface area (Å²) in [5, 5.41) is 5.17. The Morgan fingerprint density at radius 3 is 2.94 bits per heavy atom. The number of aromatic nitrogens is 1. The first kappa shape index (κ1) is 13.5. The van der Waals surface area contributed by atoms with Gasteiger partial charge in [0.15, 0.2) is 5.13 Å². The van der Waals surface area contributed by atoms with E-state index in [4.69, 9.17) is 11.6 Å². The predicted octanol–water partition coefficient (Wildman–Crippen LogP) is 4.21. The zero-order chi connectivity index (χ0) is 13.1. The van der Waals surface area contributed by atoms with Crippen molar-refractivity contribution >= 4 is 49.9 Å². The molecule has 1 aromatic carbocycles. The van der Waals surface area contributed by atoms with E-state index in [0.717, 1.165) is 15.7 Å². The molecule has 1 aromatic heterocycles. The van der Waals surface area contributed by atoms with Gasteiger partial charge in [-0.3, -0.25) is 10.1 Å². The van der Waals surface area contributed by atoms with Crippen LogP contribution in [0.3, 0.4) is 0 Å². The Hall–Kier alpha value is -0.910. The monoisotopic (exact) mass is 344 g/mol. The Morgan fingerprint density at radius 2 is 2.33 bits per heavy atom. The van der Waals surface area contributed by atoms with E-state index in [1.165, 1.54) is 11.3 Å². The minimum Gasteiger partial charge on any atom is -0.298 e. The van der Waals surface area contributed by atoms with Crippen LogP contribution in [0.2, 0.25) is 0 Å². The van der Waals surface area contributed by atoms with E-state index in [2.05, 4.69) is 26.2 Å². The van der Waals surface area contributed by atoms with Crippen molar-refractivity contribution in [1.29, 1.82) is 0 Å². The molecule has 0 aliphatic heterocycles. The summed E-state index contributed by atoms with van der Waals surface area (Å²) < 4.78 is 0.954. The second kappa shape index (κ2) is 5.82. The fourth-order valence-electron chi connectivity index (χ4n) is 1.47. The van der Waals surface area contributed by atoms with Crippen LogP contribution in [0.5, 0.6) is 0 Å². The van der Waals surface area contributed by atoms with Crippen molar-refractivity contribution in [3.8, 4) is 0 Å². The summed E-state index contributed by atoms with van der Waals surface area (Å²) in [5.74, 6) is 0.194. The number of benzene rings is 1. The van der Waals surface area contributed by atoms with Crippen molar-refractivity contribution in [1.82, 2.24) is 4.98 Å². The predicted molar refractivity (Wildman–Crippen MR) is 78.5 cm³/mol. The van der Waals surface area contributed by atoms with Crippen LogP contribution >= 0.6 is 38.9 Å². The molecule has 0 spiro atoms. The van der Waals surface area contributed by atoms with Gasteiger partial charge in [-0.1, -0.05) is 15.9 Å². The highest BCUT2D eigenvalue weighted by molar-refractivity contribution is 9.10. The lowest BCUT2D eigenvalue weighted by atomic mass is 10.1. The normalized spacial score (nSPS) is 10.4. The Labute approximate surface area is 122 Å². The Kier molecular flexibility index (Phi) is 4.37. The minimum absolute atomic E-state index is 0.157. The maximum absolute atomic E-state index is 12.1. The van der Waals surface area contributed by atoms with Gasteiger partial charge in [-0.15, -0.1) is 22.9 Å². The van der Waals surface area contributed by atoms with Crippen LogP contribution in [0.1, 0.15) is 21.6 Å². The van der Waals surface area contributed by atoms with Crippen LogP contribution in [-0.2, 0) is 5.88 Å². The molecule has 0 atom stereocenters. The molecular weight excluding hydrogens is 336 g/mol. The van der Waals surface area contributed by atoms with Gasteiger partial charge in [0.05, 0.1) is 11.6 Å². The number of hydrogen-bond donors (Lipinski definition) is 1. The highest BCUT2D eigenvalue weighted by atomic mass is 79.9. The third-order valence-corrected chi connectivity index (χ3v) is 3.92. The van der Waals surface area contributed by atoms with Gasteiger partial charge in [0.1, 0.15) is 0 Å². The molecule has 0 fully saturated rings. The summed E-state index contributed by atoms with van der Waals surface area (Å²) in [4.78, 5) is 16.2. The summed E-state index contributed by atoms with van der Waals surface area (Å²) in [5.41, 5.74) is 2.32. The zero-order valence-electron chi connectivity index (χ0n) is 9.54. The fourth-order valence-corrected chi connectivity index (χ4v) is 2.88. The quantitative estimate of drug-likeness (QED) is 0.847. The molecule has 18 heavy (non-hydrogen) atoms. The molecule has 94 valence electrons. The molecule has 0 unspecified atom stereocenters. The molecular formula is C12H10BrClN2OS. The van der Waals surface area contributed by atoms with Crippen LogP contribution in [0.15, 0.2) is 28.1 Å². The van der Waals surface area contributed by atoms with Crippen molar-refractivity contribution in [3.05, 3.63) is 44.9 Å². The highest BCUT2D eigenvalue weighted by Crippen LogP contribution is 2.20. The molecule has 0 radical (unpaired) electrons. The van der Waals surface area contributed by atoms with E-state index < -0.39 is 0 Å². The van der Waals surface area contributed by atoms with Crippen LogP contribution < -0.4 is 5.32 Å². The molecule has 0 aliphatic rings. The van der Waals surface area contributed by atoms with Gasteiger partial charge < -0.3 is 0 Å². The van der Waals surface area contributed by atoms with Gasteiger partial charge in [-0.2, -0.15) is 0 Å². The van der Waals surface area contributed by atoms with Crippen LogP contribution in [0.4, 0.5) is 5.13 Å². The van der Waals surface area contributed by atoms with Crippen LogP contribution in [-0.4, -0.2) is 10.9 Å². The molecule has 2 rings (SSSR count). The maximum Gasteiger partial charge on any atom is 0.257 e. The highest BCUT2D eigenvalue weighted by Gasteiger charge is 2.11. The minimum atomic E-state index is -0.157. The lowest BCUT2D eigenvalue weighted by Gasteiger charge is -2.05. The number of carbonyl (C=O) groups is 1.